The summed E-state index contributed by atoms with van der Waals surface area (Å²) in [5.74, 6) is 1.34. The van der Waals surface area contributed by atoms with Gasteiger partial charge in [-0.1, -0.05) is 26.0 Å². The van der Waals surface area contributed by atoms with Crippen LogP contribution in [-0.2, 0) is 11.2 Å². The number of methoxy groups -OCH3 is 1. The van der Waals surface area contributed by atoms with E-state index in [0.717, 1.165) is 11.3 Å². The van der Waals surface area contributed by atoms with Gasteiger partial charge >= 0.3 is 0 Å². The van der Waals surface area contributed by atoms with Gasteiger partial charge in [0.15, 0.2) is 0 Å². The Balaban J connectivity index is 2.75. The van der Waals surface area contributed by atoms with Crippen LogP contribution in [0.1, 0.15) is 37.3 Å². The van der Waals surface area contributed by atoms with Gasteiger partial charge in [0.1, 0.15) is 5.75 Å². The van der Waals surface area contributed by atoms with Crippen molar-refractivity contribution in [3.63, 3.8) is 0 Å². The molecule has 1 amide bonds. The lowest BCUT2D eigenvalue weighted by Gasteiger charge is -2.14. The van der Waals surface area contributed by atoms with Crippen LogP contribution in [-0.4, -0.2) is 32.1 Å². The molecule has 4 heteroatoms. The maximum Gasteiger partial charge on any atom is 0.234 e. The highest BCUT2D eigenvalue weighted by atomic mass is 16.5. The van der Waals surface area contributed by atoms with Crippen LogP contribution in [0.25, 0.3) is 0 Å². The molecule has 4 nitrogen and oxygen atoms in total. The molecule has 0 atom stereocenters. The topological polar surface area (TPSA) is 41.6 Å². The molecule has 0 heterocycles. The van der Waals surface area contributed by atoms with Gasteiger partial charge in [-0.3, -0.25) is 10.2 Å². The summed E-state index contributed by atoms with van der Waals surface area (Å²) in [5.41, 5.74) is 5.09. The lowest BCUT2D eigenvalue weighted by atomic mass is 9.98. The summed E-state index contributed by atoms with van der Waals surface area (Å²) >= 11 is 0. The van der Waals surface area contributed by atoms with Crippen LogP contribution in [0, 0.1) is 0 Å². The highest BCUT2D eigenvalue weighted by molar-refractivity contribution is 5.75. The molecule has 0 aliphatic rings. The van der Waals surface area contributed by atoms with E-state index in [2.05, 4.69) is 31.4 Å². The standard InChI is InChI=1S/C15H24N2O2/c1-11(2)12-6-8-14(19-5)13(10-12)7-9-15(18)16-17(3)4/h6,8,10-11H,7,9H2,1-5H3,(H,16,18). The molecule has 1 aromatic rings. The van der Waals surface area contributed by atoms with E-state index in [-0.39, 0.29) is 5.91 Å². The monoisotopic (exact) mass is 264 g/mol. The Morgan fingerprint density at radius 1 is 1.37 bits per heavy atom. The van der Waals surface area contributed by atoms with Crippen LogP contribution in [0.4, 0.5) is 0 Å². The van der Waals surface area contributed by atoms with Gasteiger partial charge in [-0.15, -0.1) is 0 Å². The van der Waals surface area contributed by atoms with Crippen molar-refractivity contribution in [1.82, 2.24) is 10.4 Å². The second-order valence-electron chi connectivity index (χ2n) is 5.16. The molecule has 0 saturated heterocycles. The number of carbonyl (C=O) groups is 1. The zero-order valence-electron chi connectivity index (χ0n) is 12.5. The molecule has 106 valence electrons. The molecule has 1 aromatic carbocycles. The molecule has 0 saturated carbocycles. The van der Waals surface area contributed by atoms with Crippen LogP contribution in [0.15, 0.2) is 18.2 Å². The molecule has 1 rings (SSSR count). The molecule has 0 bridgehead atoms. The van der Waals surface area contributed by atoms with Crippen LogP contribution in [0.2, 0.25) is 0 Å². The van der Waals surface area contributed by atoms with Crippen molar-refractivity contribution in [3.8, 4) is 5.75 Å². The Hall–Kier alpha value is -1.55. The van der Waals surface area contributed by atoms with E-state index in [0.29, 0.717) is 18.8 Å². The minimum atomic E-state index is 0.0157. The lowest BCUT2D eigenvalue weighted by Crippen LogP contribution is -2.36. The fraction of sp³-hybridized carbons (Fsp3) is 0.533. The number of aryl methyl sites for hydroxylation is 1. The first-order valence-corrected chi connectivity index (χ1v) is 6.57. The summed E-state index contributed by atoms with van der Waals surface area (Å²) in [6, 6.07) is 6.19. The third kappa shape index (κ3) is 4.91. The number of benzene rings is 1. The van der Waals surface area contributed by atoms with Crippen molar-refractivity contribution in [2.24, 2.45) is 0 Å². The van der Waals surface area contributed by atoms with Gasteiger partial charge < -0.3 is 4.74 Å². The maximum absolute atomic E-state index is 11.7. The number of hydrogen-bond donors (Lipinski definition) is 1. The maximum atomic E-state index is 11.7. The van der Waals surface area contributed by atoms with Gasteiger partial charge in [0.05, 0.1) is 7.11 Å². The largest absolute Gasteiger partial charge is 0.496 e. The summed E-state index contributed by atoms with van der Waals surface area (Å²) in [7, 11) is 5.27. The summed E-state index contributed by atoms with van der Waals surface area (Å²) in [6.07, 6.45) is 1.14. The first kappa shape index (κ1) is 15.5. The third-order valence-corrected chi connectivity index (χ3v) is 2.94. The second kappa shape index (κ2) is 7.14. The van der Waals surface area contributed by atoms with Crippen LogP contribution in [0.3, 0.4) is 0 Å². The van der Waals surface area contributed by atoms with E-state index in [1.54, 1.807) is 26.2 Å². The molecular weight excluding hydrogens is 240 g/mol. The number of hydrazine groups is 1. The zero-order chi connectivity index (χ0) is 14.4. The zero-order valence-corrected chi connectivity index (χ0v) is 12.5. The van der Waals surface area contributed by atoms with Crippen molar-refractivity contribution < 1.29 is 9.53 Å². The van der Waals surface area contributed by atoms with E-state index in [4.69, 9.17) is 4.74 Å². The normalized spacial score (nSPS) is 10.9. The SMILES string of the molecule is COc1ccc(C(C)C)cc1CCC(=O)NN(C)C. The molecule has 0 aliphatic carbocycles. The first-order valence-electron chi connectivity index (χ1n) is 6.57. The van der Waals surface area contributed by atoms with Crippen LogP contribution < -0.4 is 10.2 Å². The quantitative estimate of drug-likeness (QED) is 0.802. The van der Waals surface area contributed by atoms with E-state index in [1.165, 1.54) is 5.56 Å². The Morgan fingerprint density at radius 2 is 2.05 bits per heavy atom. The summed E-state index contributed by atoms with van der Waals surface area (Å²) in [4.78, 5) is 11.7. The molecule has 0 radical (unpaired) electrons. The summed E-state index contributed by atoms with van der Waals surface area (Å²) < 4.78 is 5.35. The fourth-order valence-electron chi connectivity index (χ4n) is 1.91. The number of hydrogen-bond acceptors (Lipinski definition) is 3. The third-order valence-electron chi connectivity index (χ3n) is 2.94. The number of rotatable bonds is 6. The highest BCUT2D eigenvalue weighted by Crippen LogP contribution is 2.25. The van der Waals surface area contributed by atoms with E-state index in [1.807, 2.05) is 6.07 Å². The average molecular weight is 264 g/mol. The Bertz CT molecular complexity index is 428. The summed E-state index contributed by atoms with van der Waals surface area (Å²) in [6.45, 7) is 4.31. The van der Waals surface area contributed by atoms with E-state index < -0.39 is 0 Å². The minimum Gasteiger partial charge on any atom is -0.496 e. The number of ether oxygens (including phenoxy) is 1. The Morgan fingerprint density at radius 3 is 2.58 bits per heavy atom. The van der Waals surface area contributed by atoms with Crippen molar-refractivity contribution in [1.29, 1.82) is 0 Å². The number of amides is 1. The number of nitrogens with zero attached hydrogens (tertiary/aromatic N) is 1. The van der Waals surface area contributed by atoms with Gasteiger partial charge in [-0.25, -0.2) is 5.01 Å². The minimum absolute atomic E-state index is 0.0157. The molecule has 0 aliphatic heterocycles. The average Bonchev–Trinajstić information content (AvgIpc) is 2.35. The molecule has 0 spiro atoms. The van der Waals surface area contributed by atoms with Gasteiger partial charge in [0, 0.05) is 20.5 Å². The molecule has 19 heavy (non-hydrogen) atoms. The van der Waals surface area contributed by atoms with Crippen molar-refractivity contribution in [2.75, 3.05) is 21.2 Å². The molecule has 0 unspecified atom stereocenters. The van der Waals surface area contributed by atoms with Gasteiger partial charge in [0.25, 0.3) is 0 Å². The molecule has 1 N–H and O–H groups in total. The van der Waals surface area contributed by atoms with Gasteiger partial charge in [0.2, 0.25) is 5.91 Å². The predicted octanol–water partition coefficient (Wildman–Crippen LogP) is 2.34. The van der Waals surface area contributed by atoms with Crippen LogP contribution >= 0.6 is 0 Å². The number of carbonyl (C=O) groups excluding carboxylic acids is 1. The first-order chi connectivity index (χ1) is 8.93. The summed E-state index contributed by atoms with van der Waals surface area (Å²) in [5, 5.41) is 1.66. The second-order valence-corrected chi connectivity index (χ2v) is 5.16. The fourth-order valence-corrected chi connectivity index (χ4v) is 1.91. The smallest absolute Gasteiger partial charge is 0.234 e. The van der Waals surface area contributed by atoms with Gasteiger partial charge in [-0.2, -0.15) is 0 Å². The van der Waals surface area contributed by atoms with Crippen molar-refractivity contribution in [3.05, 3.63) is 29.3 Å². The van der Waals surface area contributed by atoms with E-state index >= 15 is 0 Å². The van der Waals surface area contributed by atoms with Crippen molar-refractivity contribution in [2.45, 2.75) is 32.6 Å². The molecule has 0 aromatic heterocycles. The molecule has 0 fully saturated rings. The van der Waals surface area contributed by atoms with Crippen LogP contribution in [0.5, 0.6) is 5.75 Å². The van der Waals surface area contributed by atoms with Crippen molar-refractivity contribution >= 4 is 5.91 Å². The Labute approximate surface area is 115 Å². The number of nitrogens with one attached hydrogen (secondary N) is 1. The van der Waals surface area contributed by atoms with E-state index in [9.17, 15) is 4.79 Å². The highest BCUT2D eigenvalue weighted by Gasteiger charge is 2.09. The lowest BCUT2D eigenvalue weighted by molar-refractivity contribution is -0.124. The molecular formula is C15H24N2O2. The predicted molar refractivity (Wildman–Crippen MR) is 77.2 cm³/mol. The Kier molecular flexibility index (Phi) is 5.83. The van der Waals surface area contributed by atoms with Gasteiger partial charge in [-0.05, 0) is 29.5 Å².